The molecule has 3 heterocycles. The number of benzene rings is 1. The third-order valence-corrected chi connectivity index (χ3v) is 4.46. The van der Waals surface area contributed by atoms with Gasteiger partial charge in [-0.05, 0) is 30.7 Å². The highest BCUT2D eigenvalue weighted by molar-refractivity contribution is 6.21. The molecule has 8 heteroatoms. The zero-order valence-corrected chi connectivity index (χ0v) is 14.9. The van der Waals surface area contributed by atoms with E-state index in [4.69, 9.17) is 0 Å². The van der Waals surface area contributed by atoms with Gasteiger partial charge in [-0.2, -0.15) is 0 Å². The summed E-state index contributed by atoms with van der Waals surface area (Å²) in [6, 6.07) is 10.3. The second-order valence-corrected chi connectivity index (χ2v) is 6.33. The summed E-state index contributed by atoms with van der Waals surface area (Å²) in [5, 5.41) is 2.76. The maximum Gasteiger partial charge on any atom is 0.261 e. The maximum atomic E-state index is 12.3. The van der Waals surface area contributed by atoms with Gasteiger partial charge in [0.1, 0.15) is 12.1 Å². The average molecular weight is 375 g/mol. The van der Waals surface area contributed by atoms with Gasteiger partial charge < -0.3 is 5.32 Å². The van der Waals surface area contributed by atoms with Crippen LogP contribution in [0.25, 0.3) is 5.82 Å². The van der Waals surface area contributed by atoms with Crippen LogP contribution in [0.4, 0.5) is 5.69 Å². The first-order valence-electron chi connectivity index (χ1n) is 8.83. The predicted octanol–water partition coefficient (Wildman–Crippen LogP) is 2.28. The molecule has 0 unspecified atom stereocenters. The minimum absolute atomic E-state index is 0.191. The highest BCUT2D eigenvalue weighted by atomic mass is 16.2. The topological polar surface area (TPSA) is 97.2 Å². The van der Waals surface area contributed by atoms with Gasteiger partial charge in [0.05, 0.1) is 23.0 Å². The molecule has 1 N–H and O–H groups in total. The molecule has 0 spiro atoms. The number of carbonyl (C=O) groups is 3. The van der Waals surface area contributed by atoms with Crippen molar-refractivity contribution < 1.29 is 14.4 Å². The number of imide groups is 1. The van der Waals surface area contributed by atoms with Crippen LogP contribution >= 0.6 is 0 Å². The van der Waals surface area contributed by atoms with E-state index in [2.05, 4.69) is 15.3 Å². The maximum absolute atomic E-state index is 12.3. The summed E-state index contributed by atoms with van der Waals surface area (Å²) < 4.78 is 1.76. The molecule has 0 fully saturated rings. The van der Waals surface area contributed by atoms with Gasteiger partial charge in [-0.1, -0.05) is 12.1 Å². The molecule has 28 heavy (non-hydrogen) atoms. The molecule has 0 bridgehead atoms. The van der Waals surface area contributed by atoms with Gasteiger partial charge in [0.15, 0.2) is 0 Å². The van der Waals surface area contributed by atoms with Crippen molar-refractivity contribution in [2.24, 2.45) is 0 Å². The van der Waals surface area contributed by atoms with Crippen molar-refractivity contribution in [2.45, 2.75) is 12.8 Å². The van der Waals surface area contributed by atoms with E-state index < -0.39 is 0 Å². The van der Waals surface area contributed by atoms with Crippen molar-refractivity contribution in [3.05, 3.63) is 72.4 Å². The van der Waals surface area contributed by atoms with Crippen molar-refractivity contribution in [1.29, 1.82) is 0 Å². The van der Waals surface area contributed by atoms with Crippen molar-refractivity contribution in [3.63, 3.8) is 0 Å². The molecule has 0 radical (unpaired) electrons. The normalized spacial score (nSPS) is 12.9. The molecule has 3 aromatic rings. The summed E-state index contributed by atoms with van der Waals surface area (Å²) >= 11 is 0. The van der Waals surface area contributed by atoms with Crippen molar-refractivity contribution in [2.75, 3.05) is 11.9 Å². The van der Waals surface area contributed by atoms with Gasteiger partial charge in [0, 0.05) is 25.4 Å². The van der Waals surface area contributed by atoms with Gasteiger partial charge in [-0.15, -0.1) is 0 Å². The van der Waals surface area contributed by atoms with Gasteiger partial charge in [-0.3, -0.25) is 23.9 Å². The number of aromatic nitrogens is 3. The highest BCUT2D eigenvalue weighted by Crippen LogP contribution is 2.22. The molecular weight excluding hydrogens is 358 g/mol. The Balaban J connectivity index is 1.28. The fourth-order valence-electron chi connectivity index (χ4n) is 3.07. The summed E-state index contributed by atoms with van der Waals surface area (Å²) in [4.78, 5) is 46.2. The van der Waals surface area contributed by atoms with Gasteiger partial charge >= 0.3 is 0 Å². The first kappa shape index (κ1) is 17.6. The number of amides is 3. The van der Waals surface area contributed by atoms with E-state index in [0.29, 0.717) is 29.1 Å². The lowest BCUT2D eigenvalue weighted by molar-refractivity contribution is -0.116. The third-order valence-electron chi connectivity index (χ3n) is 4.46. The first-order valence-corrected chi connectivity index (χ1v) is 8.83. The molecule has 2 aromatic heterocycles. The second kappa shape index (κ2) is 7.43. The van der Waals surface area contributed by atoms with Crippen LogP contribution in [0.3, 0.4) is 0 Å². The Hall–Kier alpha value is -3.81. The fourth-order valence-corrected chi connectivity index (χ4v) is 3.07. The second-order valence-electron chi connectivity index (χ2n) is 6.33. The Bertz CT molecular complexity index is 993. The molecule has 1 aliphatic heterocycles. The van der Waals surface area contributed by atoms with Crippen LogP contribution < -0.4 is 5.32 Å². The Morgan fingerprint density at radius 1 is 1.04 bits per heavy atom. The number of hydrogen-bond acceptors (Lipinski definition) is 5. The summed E-state index contributed by atoms with van der Waals surface area (Å²) in [5.41, 5.74) is 1.41. The molecule has 3 amide bonds. The van der Waals surface area contributed by atoms with Crippen LogP contribution in [0, 0.1) is 0 Å². The van der Waals surface area contributed by atoms with Crippen molar-refractivity contribution in [3.8, 4) is 5.82 Å². The lowest BCUT2D eigenvalue weighted by Crippen LogP contribution is -2.31. The molecule has 1 aliphatic rings. The average Bonchev–Trinajstić information content (AvgIpc) is 3.32. The number of imidazole rings is 1. The SMILES string of the molecule is O=C(CCCN1C(=O)c2ccccc2C1=O)Nc1ccc(-n2ccnc2)nc1. The van der Waals surface area contributed by atoms with E-state index in [0.717, 1.165) is 0 Å². The lowest BCUT2D eigenvalue weighted by Gasteiger charge is -2.13. The molecule has 140 valence electrons. The number of hydrogen-bond donors (Lipinski definition) is 1. The smallest absolute Gasteiger partial charge is 0.261 e. The van der Waals surface area contributed by atoms with E-state index >= 15 is 0 Å². The summed E-state index contributed by atoms with van der Waals surface area (Å²) in [6.45, 7) is 0.206. The van der Waals surface area contributed by atoms with Crippen LogP contribution in [0.1, 0.15) is 33.6 Å². The molecule has 0 saturated heterocycles. The number of fused-ring (bicyclic) bond motifs is 1. The predicted molar refractivity (Wildman–Crippen MR) is 101 cm³/mol. The minimum atomic E-state index is -0.305. The van der Waals surface area contributed by atoms with Crippen LogP contribution in [-0.4, -0.2) is 43.7 Å². The van der Waals surface area contributed by atoms with Crippen LogP contribution in [0.5, 0.6) is 0 Å². The zero-order valence-electron chi connectivity index (χ0n) is 14.9. The highest BCUT2D eigenvalue weighted by Gasteiger charge is 2.34. The quantitative estimate of drug-likeness (QED) is 0.667. The van der Waals surface area contributed by atoms with E-state index in [1.54, 1.807) is 65.9 Å². The largest absolute Gasteiger partial charge is 0.325 e. The van der Waals surface area contributed by atoms with Crippen LogP contribution in [0.2, 0.25) is 0 Å². The van der Waals surface area contributed by atoms with Crippen LogP contribution in [0.15, 0.2) is 61.3 Å². The first-order chi connectivity index (χ1) is 13.6. The zero-order chi connectivity index (χ0) is 19.5. The number of nitrogens with one attached hydrogen (secondary N) is 1. The minimum Gasteiger partial charge on any atom is -0.325 e. The van der Waals surface area contributed by atoms with E-state index in [-0.39, 0.29) is 30.7 Å². The summed E-state index contributed by atoms with van der Waals surface area (Å²) in [6.07, 6.45) is 7.22. The van der Waals surface area contributed by atoms with Gasteiger partial charge in [-0.25, -0.2) is 9.97 Å². The van der Waals surface area contributed by atoms with E-state index in [1.165, 1.54) is 4.90 Å². The number of carbonyl (C=O) groups excluding carboxylic acids is 3. The van der Waals surface area contributed by atoms with Crippen molar-refractivity contribution in [1.82, 2.24) is 19.4 Å². The monoisotopic (exact) mass is 375 g/mol. The van der Waals surface area contributed by atoms with E-state index in [9.17, 15) is 14.4 Å². The Labute approximate surface area is 160 Å². The summed E-state index contributed by atoms with van der Waals surface area (Å²) in [5.74, 6) is -0.115. The number of anilines is 1. The third kappa shape index (κ3) is 3.39. The molecule has 0 saturated carbocycles. The number of pyridine rings is 1. The Morgan fingerprint density at radius 3 is 2.39 bits per heavy atom. The molecule has 1 aromatic carbocycles. The number of rotatable bonds is 6. The standard InChI is InChI=1S/C20H17N5O3/c26-18(23-14-7-8-17(22-12-14)24-11-9-21-13-24)6-3-10-25-19(27)15-4-1-2-5-16(15)20(25)28/h1-2,4-5,7-9,11-13H,3,6,10H2,(H,23,26). The van der Waals surface area contributed by atoms with Crippen molar-refractivity contribution >= 4 is 23.4 Å². The van der Waals surface area contributed by atoms with Crippen LogP contribution in [-0.2, 0) is 4.79 Å². The molecule has 0 atom stereocenters. The van der Waals surface area contributed by atoms with Gasteiger partial charge in [0.2, 0.25) is 5.91 Å². The molecule has 4 rings (SSSR count). The fraction of sp³-hybridized carbons (Fsp3) is 0.150. The Kier molecular flexibility index (Phi) is 4.67. The molecule has 0 aliphatic carbocycles. The van der Waals surface area contributed by atoms with Gasteiger partial charge in [0.25, 0.3) is 11.8 Å². The van der Waals surface area contributed by atoms with E-state index in [1.807, 2.05) is 0 Å². The molecule has 8 nitrogen and oxygen atoms in total. The molecular formula is C20H17N5O3. The Morgan fingerprint density at radius 2 is 1.79 bits per heavy atom. The lowest BCUT2D eigenvalue weighted by atomic mass is 10.1. The summed E-state index contributed by atoms with van der Waals surface area (Å²) in [7, 11) is 0. The number of nitrogens with zero attached hydrogens (tertiary/aromatic N) is 4.